The minimum absolute atomic E-state index is 0.0472. The Labute approximate surface area is 234 Å². The monoisotopic (exact) mass is 581 g/mol. The molecule has 0 saturated heterocycles. The number of pyridine rings is 1. The summed E-state index contributed by atoms with van der Waals surface area (Å²) in [6.07, 6.45) is 2.96. The summed E-state index contributed by atoms with van der Waals surface area (Å²) in [7, 11) is -4.05. The Balaban J connectivity index is 1.68. The Morgan fingerprint density at radius 2 is 1.69 bits per heavy atom. The summed E-state index contributed by atoms with van der Waals surface area (Å²) in [6, 6.07) is 20.1. The van der Waals surface area contributed by atoms with Crippen LogP contribution in [0.2, 0.25) is 10.0 Å². The van der Waals surface area contributed by atoms with Crippen LogP contribution in [0.3, 0.4) is 0 Å². The van der Waals surface area contributed by atoms with E-state index < -0.39 is 27.4 Å². The van der Waals surface area contributed by atoms with E-state index in [1.165, 1.54) is 30.5 Å². The summed E-state index contributed by atoms with van der Waals surface area (Å²) in [5, 5.41) is 21.9. The number of halogens is 2. The zero-order valence-corrected chi connectivity index (χ0v) is 22.7. The van der Waals surface area contributed by atoms with Crippen LogP contribution >= 0.6 is 23.2 Å². The zero-order valence-electron chi connectivity index (χ0n) is 20.3. The van der Waals surface area contributed by atoms with Crippen molar-refractivity contribution >= 4 is 62.0 Å². The van der Waals surface area contributed by atoms with Crippen LogP contribution in [0.4, 0.5) is 17.1 Å². The second-order valence-corrected chi connectivity index (χ2v) is 10.6. The van der Waals surface area contributed by atoms with E-state index in [1.54, 1.807) is 67.7 Å². The molecule has 39 heavy (non-hydrogen) atoms. The molecule has 0 aliphatic rings. The predicted octanol–water partition coefficient (Wildman–Crippen LogP) is 7.15. The van der Waals surface area contributed by atoms with Gasteiger partial charge in [0.25, 0.3) is 15.9 Å². The van der Waals surface area contributed by atoms with Gasteiger partial charge in [0, 0.05) is 16.8 Å². The van der Waals surface area contributed by atoms with Gasteiger partial charge in [0.1, 0.15) is 5.69 Å². The van der Waals surface area contributed by atoms with Crippen molar-refractivity contribution in [2.45, 2.75) is 11.8 Å². The van der Waals surface area contributed by atoms with E-state index in [0.29, 0.717) is 16.3 Å². The lowest BCUT2D eigenvalue weighted by Gasteiger charge is -2.10. The van der Waals surface area contributed by atoms with Crippen LogP contribution in [0.1, 0.15) is 11.1 Å². The van der Waals surface area contributed by atoms with Crippen LogP contribution in [0, 0.1) is 6.92 Å². The summed E-state index contributed by atoms with van der Waals surface area (Å²) in [6.45, 7) is 1.80. The molecule has 0 aliphatic heterocycles. The third-order valence-corrected chi connectivity index (χ3v) is 7.42. The van der Waals surface area contributed by atoms with Gasteiger partial charge in [0.05, 0.1) is 27.5 Å². The number of hydrogen-bond acceptors (Lipinski definition) is 7. The number of aliphatic hydroxyl groups excluding tert-OH is 1. The molecule has 3 N–H and O–H groups in total. The van der Waals surface area contributed by atoms with Crippen molar-refractivity contribution in [1.82, 2.24) is 4.98 Å². The van der Waals surface area contributed by atoms with Crippen molar-refractivity contribution in [3.63, 3.8) is 0 Å². The summed E-state index contributed by atoms with van der Waals surface area (Å²) >= 11 is 12.4. The van der Waals surface area contributed by atoms with Crippen molar-refractivity contribution in [2.75, 3.05) is 10.0 Å². The average molecular weight is 582 g/mol. The lowest BCUT2D eigenvalue weighted by molar-refractivity contribution is -0.112. The number of aromatic nitrogens is 1. The quantitative estimate of drug-likeness (QED) is 0.115. The predicted molar refractivity (Wildman–Crippen MR) is 152 cm³/mol. The number of aryl methyl sites for hydroxylation is 1. The summed E-state index contributed by atoms with van der Waals surface area (Å²) in [5.41, 5.74) is 1.27. The second kappa shape index (κ2) is 12.1. The molecule has 4 rings (SSSR count). The first kappa shape index (κ1) is 27.8. The molecule has 1 aromatic heterocycles. The molecular formula is C27H21Cl2N5O4S. The number of aliphatic hydroxyl groups is 1. The maximum absolute atomic E-state index is 13.1. The number of anilines is 2. The van der Waals surface area contributed by atoms with Crippen LogP contribution in [0.5, 0.6) is 0 Å². The average Bonchev–Trinajstić information content (AvgIpc) is 2.92. The van der Waals surface area contributed by atoms with Gasteiger partial charge in [-0.3, -0.25) is 14.5 Å². The fraction of sp³-hybridized carbons (Fsp3) is 0.0370. The van der Waals surface area contributed by atoms with Gasteiger partial charge in [-0.25, -0.2) is 8.42 Å². The molecule has 0 saturated carbocycles. The molecule has 198 valence electrons. The van der Waals surface area contributed by atoms with Gasteiger partial charge in [0.2, 0.25) is 0 Å². The molecular weight excluding hydrogens is 561 g/mol. The molecule has 0 aliphatic carbocycles. The first-order valence-electron chi connectivity index (χ1n) is 11.3. The Morgan fingerprint density at radius 3 is 2.38 bits per heavy atom. The summed E-state index contributed by atoms with van der Waals surface area (Å²) in [5.74, 6) is -1.22. The molecule has 0 radical (unpaired) electrons. The third kappa shape index (κ3) is 6.99. The number of carbonyl (C=O) groups excluding carboxylic acids is 1. The smallest absolute Gasteiger partial charge is 0.280 e. The van der Waals surface area contributed by atoms with E-state index in [-0.39, 0.29) is 21.3 Å². The van der Waals surface area contributed by atoms with Crippen molar-refractivity contribution in [2.24, 2.45) is 10.2 Å². The molecule has 0 atom stereocenters. The first-order chi connectivity index (χ1) is 18.6. The Morgan fingerprint density at radius 1 is 0.923 bits per heavy atom. The SMILES string of the molecule is Cc1ccc(NS(=O)(=O)c2ccc(Cl)c(N=N/C(C(=O)Nc3cccnc3)=C(/O)c3ccccc3)c2)cc1Cl. The van der Waals surface area contributed by atoms with Crippen LogP contribution in [-0.2, 0) is 14.8 Å². The first-order valence-corrected chi connectivity index (χ1v) is 13.6. The van der Waals surface area contributed by atoms with Crippen molar-refractivity contribution in [1.29, 1.82) is 0 Å². The second-order valence-electron chi connectivity index (χ2n) is 8.14. The number of nitrogens with one attached hydrogen (secondary N) is 2. The van der Waals surface area contributed by atoms with Crippen LogP contribution in [-0.4, -0.2) is 24.4 Å². The molecule has 0 fully saturated rings. The third-order valence-electron chi connectivity index (χ3n) is 5.32. The minimum atomic E-state index is -4.05. The number of benzene rings is 3. The number of carbonyl (C=O) groups is 1. The van der Waals surface area contributed by atoms with Gasteiger partial charge >= 0.3 is 0 Å². The van der Waals surface area contributed by atoms with Crippen molar-refractivity contribution < 1.29 is 18.3 Å². The molecule has 1 amide bonds. The highest BCUT2D eigenvalue weighted by Gasteiger charge is 2.19. The number of hydrogen-bond donors (Lipinski definition) is 3. The van der Waals surface area contributed by atoms with Crippen LogP contribution < -0.4 is 10.0 Å². The van der Waals surface area contributed by atoms with E-state index >= 15 is 0 Å². The van der Waals surface area contributed by atoms with Crippen LogP contribution in [0.15, 0.2) is 112 Å². The van der Waals surface area contributed by atoms with Gasteiger partial charge in [-0.05, 0) is 55.0 Å². The molecule has 12 heteroatoms. The summed E-state index contributed by atoms with van der Waals surface area (Å²) < 4.78 is 28.5. The van der Waals surface area contributed by atoms with Gasteiger partial charge in [0.15, 0.2) is 11.5 Å². The fourth-order valence-electron chi connectivity index (χ4n) is 3.27. The van der Waals surface area contributed by atoms with E-state index in [1.807, 2.05) is 0 Å². The highest BCUT2D eigenvalue weighted by Crippen LogP contribution is 2.31. The molecule has 0 unspecified atom stereocenters. The number of sulfonamides is 1. The molecule has 0 spiro atoms. The maximum atomic E-state index is 13.1. The Kier molecular flexibility index (Phi) is 8.60. The largest absolute Gasteiger partial charge is 0.505 e. The Bertz CT molecular complexity index is 1680. The molecule has 4 aromatic rings. The summed E-state index contributed by atoms with van der Waals surface area (Å²) in [4.78, 5) is 16.8. The fourth-order valence-corrected chi connectivity index (χ4v) is 4.68. The van der Waals surface area contributed by atoms with E-state index in [0.717, 1.165) is 5.56 Å². The van der Waals surface area contributed by atoms with Crippen molar-refractivity contribution in [3.05, 3.63) is 118 Å². The van der Waals surface area contributed by atoms with Gasteiger partial charge in [-0.1, -0.05) is 59.6 Å². The Hall–Kier alpha value is -4.25. The molecule has 9 nitrogen and oxygen atoms in total. The topological polar surface area (TPSA) is 133 Å². The highest BCUT2D eigenvalue weighted by molar-refractivity contribution is 7.92. The maximum Gasteiger partial charge on any atom is 0.280 e. The van der Waals surface area contributed by atoms with E-state index in [4.69, 9.17) is 23.2 Å². The van der Waals surface area contributed by atoms with Crippen LogP contribution in [0.25, 0.3) is 5.76 Å². The normalized spacial score (nSPS) is 12.2. The number of amides is 1. The van der Waals surface area contributed by atoms with Gasteiger partial charge in [-0.15, -0.1) is 10.2 Å². The zero-order chi connectivity index (χ0) is 28.0. The van der Waals surface area contributed by atoms with E-state index in [9.17, 15) is 18.3 Å². The van der Waals surface area contributed by atoms with E-state index in [2.05, 4.69) is 25.3 Å². The minimum Gasteiger partial charge on any atom is -0.505 e. The highest BCUT2D eigenvalue weighted by atomic mass is 35.5. The molecule has 3 aromatic carbocycles. The molecule has 0 bridgehead atoms. The number of nitrogens with zero attached hydrogens (tertiary/aromatic N) is 3. The lowest BCUT2D eigenvalue weighted by atomic mass is 10.1. The lowest BCUT2D eigenvalue weighted by Crippen LogP contribution is -2.15. The van der Waals surface area contributed by atoms with Gasteiger partial charge < -0.3 is 10.4 Å². The number of azo groups is 1. The molecule has 1 heterocycles. The van der Waals surface area contributed by atoms with Gasteiger partial charge in [-0.2, -0.15) is 0 Å². The van der Waals surface area contributed by atoms with Crippen molar-refractivity contribution in [3.8, 4) is 0 Å². The number of rotatable bonds is 8. The standard InChI is InChI=1S/C27H21Cl2N5O4S/c1-17-9-10-19(14-23(17)29)34-39(37,38)21-11-12-22(28)24(15-21)32-33-25(26(35)18-6-3-2-4-7-18)27(36)31-20-8-5-13-30-16-20/h2-16,34-35H,1H3,(H,31,36)/b26-25+,33-32?.